The van der Waals surface area contributed by atoms with Crippen molar-refractivity contribution in [1.82, 2.24) is 4.57 Å². The molecule has 1 aromatic heterocycles. The fraction of sp³-hybridized carbons (Fsp3) is 0.200. The van der Waals surface area contributed by atoms with Crippen LogP contribution in [0, 0.1) is 5.92 Å². The number of benzene rings is 2. The first-order chi connectivity index (χ1) is 12.1. The Morgan fingerprint density at radius 1 is 1.00 bits per heavy atom. The summed E-state index contributed by atoms with van der Waals surface area (Å²) in [5.74, 6) is 0.0360. The van der Waals surface area contributed by atoms with Gasteiger partial charge >= 0.3 is 0 Å². The average molecular weight is 333 g/mol. The highest BCUT2D eigenvalue weighted by Crippen LogP contribution is 2.30. The minimum atomic E-state index is -0.164. The van der Waals surface area contributed by atoms with E-state index in [4.69, 9.17) is 0 Å². The molecule has 5 heteroatoms. The van der Waals surface area contributed by atoms with Crippen LogP contribution < -0.4 is 10.6 Å². The van der Waals surface area contributed by atoms with Gasteiger partial charge in [0.1, 0.15) is 0 Å². The second-order valence-corrected chi connectivity index (χ2v) is 6.47. The maximum absolute atomic E-state index is 12.7. The third-order valence-electron chi connectivity index (χ3n) is 4.48. The second kappa shape index (κ2) is 6.09. The van der Waals surface area contributed by atoms with Crippen LogP contribution in [0.4, 0.5) is 11.4 Å². The monoisotopic (exact) mass is 333 g/mol. The highest BCUT2D eigenvalue weighted by molar-refractivity contribution is 6.13. The van der Waals surface area contributed by atoms with Crippen molar-refractivity contribution in [2.75, 3.05) is 10.6 Å². The zero-order chi connectivity index (χ0) is 17.4. The number of rotatable bonds is 4. The molecule has 4 rings (SSSR count). The number of carbonyl (C=O) groups excluding carboxylic acids is 2. The van der Waals surface area contributed by atoms with Gasteiger partial charge in [-0.05, 0) is 37.1 Å². The van der Waals surface area contributed by atoms with Crippen molar-refractivity contribution in [3.63, 3.8) is 0 Å². The molecule has 0 radical (unpaired) electrons. The van der Waals surface area contributed by atoms with Gasteiger partial charge in [-0.15, -0.1) is 0 Å². The topological polar surface area (TPSA) is 63.1 Å². The summed E-state index contributed by atoms with van der Waals surface area (Å²) in [5, 5.41) is 6.73. The van der Waals surface area contributed by atoms with Crippen LogP contribution in [0.15, 0.2) is 54.7 Å². The fourth-order valence-corrected chi connectivity index (χ4v) is 2.99. The third-order valence-corrected chi connectivity index (χ3v) is 4.48. The lowest BCUT2D eigenvalue weighted by Crippen LogP contribution is -2.14. The zero-order valence-corrected chi connectivity index (χ0v) is 14.0. The molecule has 0 saturated heterocycles. The van der Waals surface area contributed by atoms with Crippen LogP contribution in [0.3, 0.4) is 0 Å². The minimum absolute atomic E-state index is 0.0533. The molecule has 2 N–H and O–H groups in total. The van der Waals surface area contributed by atoms with Crippen molar-refractivity contribution >= 4 is 34.1 Å². The van der Waals surface area contributed by atoms with Crippen LogP contribution in [0.5, 0.6) is 0 Å². The van der Waals surface area contributed by atoms with Crippen molar-refractivity contribution in [3.05, 3.63) is 60.3 Å². The normalized spacial score (nSPS) is 13.6. The quantitative estimate of drug-likeness (QED) is 0.763. The van der Waals surface area contributed by atoms with Crippen molar-refractivity contribution in [1.29, 1.82) is 0 Å². The van der Waals surface area contributed by atoms with Gasteiger partial charge in [-0.3, -0.25) is 9.59 Å². The Bertz CT molecular complexity index is 970. The first-order valence-corrected chi connectivity index (χ1v) is 8.38. The number of hydrogen-bond donors (Lipinski definition) is 2. The van der Waals surface area contributed by atoms with E-state index in [1.807, 2.05) is 60.3 Å². The average Bonchev–Trinajstić information content (AvgIpc) is 3.40. The number of amides is 2. The number of para-hydroxylation sites is 1. The molecule has 3 aromatic rings. The molecule has 1 fully saturated rings. The Kier molecular flexibility index (Phi) is 3.76. The van der Waals surface area contributed by atoms with E-state index in [0.717, 1.165) is 23.7 Å². The summed E-state index contributed by atoms with van der Waals surface area (Å²) in [6, 6.07) is 15.0. The summed E-state index contributed by atoms with van der Waals surface area (Å²) in [6.07, 6.45) is 3.76. The number of nitrogens with one attached hydrogen (secondary N) is 2. The van der Waals surface area contributed by atoms with E-state index in [9.17, 15) is 9.59 Å². The Morgan fingerprint density at radius 2 is 1.72 bits per heavy atom. The Labute approximate surface area is 145 Å². The molecule has 0 aliphatic heterocycles. The van der Waals surface area contributed by atoms with E-state index in [0.29, 0.717) is 16.9 Å². The van der Waals surface area contributed by atoms with Crippen molar-refractivity contribution in [2.24, 2.45) is 13.0 Å². The Balaban J connectivity index is 1.55. The highest BCUT2D eigenvalue weighted by atomic mass is 16.2. The van der Waals surface area contributed by atoms with Gasteiger partial charge in [0, 0.05) is 41.4 Å². The molecule has 1 saturated carbocycles. The summed E-state index contributed by atoms with van der Waals surface area (Å²) in [6.45, 7) is 0. The van der Waals surface area contributed by atoms with Crippen molar-refractivity contribution in [2.45, 2.75) is 12.8 Å². The van der Waals surface area contributed by atoms with Gasteiger partial charge in [0.05, 0.1) is 5.56 Å². The van der Waals surface area contributed by atoms with Gasteiger partial charge in [-0.2, -0.15) is 0 Å². The molecule has 126 valence electrons. The molecule has 0 atom stereocenters. The van der Waals surface area contributed by atoms with Gasteiger partial charge < -0.3 is 15.2 Å². The molecule has 1 aliphatic rings. The van der Waals surface area contributed by atoms with E-state index in [2.05, 4.69) is 10.6 Å². The predicted octanol–water partition coefficient (Wildman–Crippen LogP) is 3.78. The van der Waals surface area contributed by atoms with Crippen LogP contribution in [-0.4, -0.2) is 16.4 Å². The SMILES string of the molecule is Cn1cc(C(=O)Nc2cccc(NC(=O)C3CC3)c2)c2ccccc21. The lowest BCUT2D eigenvalue weighted by atomic mass is 10.1. The molecular weight excluding hydrogens is 314 g/mol. The van der Waals surface area contributed by atoms with Gasteiger partial charge in [0.25, 0.3) is 5.91 Å². The number of fused-ring (bicyclic) bond motifs is 1. The molecule has 1 heterocycles. The van der Waals surface area contributed by atoms with Crippen LogP contribution in [-0.2, 0) is 11.8 Å². The first-order valence-electron chi connectivity index (χ1n) is 8.38. The third kappa shape index (κ3) is 3.13. The van der Waals surface area contributed by atoms with Crippen molar-refractivity contribution in [3.8, 4) is 0 Å². The molecule has 25 heavy (non-hydrogen) atoms. The lowest BCUT2D eigenvalue weighted by Gasteiger charge is -2.08. The number of carbonyl (C=O) groups is 2. The maximum Gasteiger partial charge on any atom is 0.257 e. The fourth-order valence-electron chi connectivity index (χ4n) is 2.99. The highest BCUT2D eigenvalue weighted by Gasteiger charge is 2.29. The van der Waals surface area contributed by atoms with Gasteiger partial charge in [-0.1, -0.05) is 24.3 Å². The minimum Gasteiger partial charge on any atom is -0.350 e. The molecule has 0 unspecified atom stereocenters. The van der Waals surface area contributed by atoms with Crippen LogP contribution in [0.2, 0.25) is 0 Å². The number of aromatic nitrogens is 1. The molecule has 2 amide bonds. The number of hydrogen-bond acceptors (Lipinski definition) is 2. The number of nitrogens with zero attached hydrogens (tertiary/aromatic N) is 1. The van der Waals surface area contributed by atoms with E-state index in [-0.39, 0.29) is 17.7 Å². The second-order valence-electron chi connectivity index (χ2n) is 6.47. The van der Waals surface area contributed by atoms with Gasteiger partial charge in [0.2, 0.25) is 5.91 Å². The van der Waals surface area contributed by atoms with E-state index in [1.54, 1.807) is 6.07 Å². The molecule has 0 spiro atoms. The number of aryl methyl sites for hydroxylation is 1. The van der Waals surface area contributed by atoms with Gasteiger partial charge in [0.15, 0.2) is 0 Å². The smallest absolute Gasteiger partial charge is 0.257 e. The van der Waals surface area contributed by atoms with E-state index < -0.39 is 0 Å². The Hall–Kier alpha value is -3.08. The van der Waals surface area contributed by atoms with Crippen molar-refractivity contribution < 1.29 is 9.59 Å². The largest absolute Gasteiger partial charge is 0.350 e. The molecule has 5 nitrogen and oxygen atoms in total. The van der Waals surface area contributed by atoms with Crippen LogP contribution >= 0.6 is 0 Å². The lowest BCUT2D eigenvalue weighted by molar-refractivity contribution is -0.117. The Morgan fingerprint density at radius 3 is 2.48 bits per heavy atom. The molecule has 1 aliphatic carbocycles. The van der Waals surface area contributed by atoms with Crippen LogP contribution in [0.25, 0.3) is 10.9 Å². The summed E-state index contributed by atoms with van der Waals surface area (Å²) in [7, 11) is 1.92. The predicted molar refractivity (Wildman–Crippen MR) is 98.7 cm³/mol. The summed E-state index contributed by atoms with van der Waals surface area (Å²) >= 11 is 0. The van der Waals surface area contributed by atoms with Crippen LogP contribution in [0.1, 0.15) is 23.2 Å². The molecular formula is C20H19N3O2. The van der Waals surface area contributed by atoms with E-state index >= 15 is 0 Å². The maximum atomic E-state index is 12.7. The number of anilines is 2. The first kappa shape index (κ1) is 15.4. The van der Waals surface area contributed by atoms with Gasteiger partial charge in [-0.25, -0.2) is 0 Å². The molecule has 0 bridgehead atoms. The summed E-state index contributed by atoms with van der Waals surface area (Å²) in [4.78, 5) is 24.6. The summed E-state index contributed by atoms with van der Waals surface area (Å²) < 4.78 is 1.94. The summed E-state index contributed by atoms with van der Waals surface area (Å²) in [5.41, 5.74) is 3.00. The van der Waals surface area contributed by atoms with E-state index in [1.165, 1.54) is 0 Å². The zero-order valence-electron chi connectivity index (χ0n) is 14.0. The standard InChI is InChI=1S/C20H19N3O2/c1-23-12-17(16-7-2-3-8-18(16)23)20(25)22-15-6-4-5-14(11-15)21-19(24)13-9-10-13/h2-8,11-13H,9-10H2,1H3,(H,21,24)(H,22,25). The molecule has 2 aromatic carbocycles.